The largest absolute Gasteiger partial charge is 0.480 e. The summed E-state index contributed by atoms with van der Waals surface area (Å²) in [7, 11) is 0. The average Bonchev–Trinajstić information content (AvgIpc) is 3.15. The molecule has 4 heteroatoms. The van der Waals surface area contributed by atoms with E-state index in [2.05, 4.69) is 53.5 Å². The maximum atomic E-state index is 12.0. The summed E-state index contributed by atoms with van der Waals surface area (Å²) in [6, 6.07) is 20.5. The maximum Gasteiger partial charge on any atom is 0.321 e. The van der Waals surface area contributed by atoms with Crippen LogP contribution in [-0.4, -0.2) is 41.7 Å². The zero-order valence-corrected chi connectivity index (χ0v) is 16.8. The van der Waals surface area contributed by atoms with Gasteiger partial charge in [0, 0.05) is 6.04 Å². The van der Waals surface area contributed by atoms with Gasteiger partial charge in [0.1, 0.15) is 6.04 Å². The fraction of sp³-hybridized carbons (Fsp3) is 0.458. The molecule has 1 fully saturated rings. The topological polar surface area (TPSA) is 52.6 Å². The molecule has 3 rings (SSSR count). The molecule has 1 aliphatic rings. The van der Waals surface area contributed by atoms with Gasteiger partial charge in [0.15, 0.2) is 0 Å². The highest BCUT2D eigenvalue weighted by Gasteiger charge is 2.41. The summed E-state index contributed by atoms with van der Waals surface area (Å²) < 4.78 is 0. The summed E-state index contributed by atoms with van der Waals surface area (Å²) in [5.74, 6) is -0.443. The van der Waals surface area contributed by atoms with Crippen molar-refractivity contribution in [3.63, 3.8) is 0 Å². The number of likely N-dealkylation sites (tertiary alicyclic amines) is 1. The van der Waals surface area contributed by atoms with Crippen molar-refractivity contribution in [2.45, 2.75) is 44.7 Å². The summed E-state index contributed by atoms with van der Waals surface area (Å²) in [4.78, 5) is 14.2. The summed E-state index contributed by atoms with van der Waals surface area (Å²) in [5, 5.41) is 13.4. The molecule has 0 saturated carbocycles. The standard InChI is InChI=1S/C24H32N2O2/c1-19(21-11-6-3-7-12-21)26-18-15-22(23(26)24(27)28)13-8-16-25-17-14-20-9-4-2-5-10-20/h2-7,9-12,19,22-23,25H,8,13-18H2,1H3,(H,27,28)/t19-,22+,23-/m0/s1. The van der Waals surface area contributed by atoms with Crippen LogP contribution in [0.2, 0.25) is 0 Å². The molecule has 1 saturated heterocycles. The lowest BCUT2D eigenvalue weighted by Gasteiger charge is -2.30. The number of hydrogen-bond acceptors (Lipinski definition) is 3. The van der Waals surface area contributed by atoms with Crippen LogP contribution in [0.3, 0.4) is 0 Å². The fourth-order valence-corrected chi connectivity index (χ4v) is 4.38. The Morgan fingerprint density at radius 2 is 1.79 bits per heavy atom. The van der Waals surface area contributed by atoms with E-state index in [0.717, 1.165) is 45.3 Å². The summed E-state index contributed by atoms with van der Waals surface area (Å²) in [6.45, 7) is 4.90. The third-order valence-electron chi connectivity index (χ3n) is 5.96. The number of nitrogens with one attached hydrogen (secondary N) is 1. The van der Waals surface area contributed by atoms with Crippen molar-refractivity contribution in [3.05, 3.63) is 71.8 Å². The van der Waals surface area contributed by atoms with Gasteiger partial charge in [0.25, 0.3) is 0 Å². The van der Waals surface area contributed by atoms with E-state index < -0.39 is 5.97 Å². The van der Waals surface area contributed by atoms with E-state index in [1.807, 2.05) is 24.3 Å². The normalized spacial score (nSPS) is 20.9. The van der Waals surface area contributed by atoms with Crippen LogP contribution in [0.5, 0.6) is 0 Å². The van der Waals surface area contributed by atoms with Gasteiger partial charge in [-0.25, -0.2) is 0 Å². The van der Waals surface area contributed by atoms with Crippen LogP contribution in [-0.2, 0) is 11.2 Å². The Labute approximate surface area is 168 Å². The second-order valence-corrected chi connectivity index (χ2v) is 7.78. The zero-order chi connectivity index (χ0) is 19.8. The highest BCUT2D eigenvalue weighted by molar-refractivity contribution is 5.74. The molecule has 4 nitrogen and oxygen atoms in total. The highest BCUT2D eigenvalue weighted by Crippen LogP contribution is 2.35. The van der Waals surface area contributed by atoms with E-state index >= 15 is 0 Å². The van der Waals surface area contributed by atoms with Crippen molar-refractivity contribution in [2.24, 2.45) is 5.92 Å². The first kappa shape index (κ1) is 20.6. The molecule has 0 unspecified atom stereocenters. The highest BCUT2D eigenvalue weighted by atomic mass is 16.4. The molecule has 0 radical (unpaired) electrons. The van der Waals surface area contributed by atoms with Crippen molar-refractivity contribution >= 4 is 5.97 Å². The van der Waals surface area contributed by atoms with Gasteiger partial charge in [0.2, 0.25) is 0 Å². The Bertz CT molecular complexity index is 720. The van der Waals surface area contributed by atoms with Crippen LogP contribution in [0.1, 0.15) is 43.4 Å². The monoisotopic (exact) mass is 380 g/mol. The molecule has 0 spiro atoms. The van der Waals surface area contributed by atoms with Gasteiger partial charge >= 0.3 is 5.97 Å². The van der Waals surface area contributed by atoms with Gasteiger partial charge in [-0.1, -0.05) is 60.7 Å². The number of carbonyl (C=O) groups is 1. The third-order valence-corrected chi connectivity index (χ3v) is 5.96. The van der Waals surface area contributed by atoms with Crippen molar-refractivity contribution in [1.29, 1.82) is 0 Å². The molecule has 2 aromatic carbocycles. The first-order valence-electron chi connectivity index (χ1n) is 10.4. The number of benzene rings is 2. The van der Waals surface area contributed by atoms with Crippen molar-refractivity contribution < 1.29 is 9.90 Å². The lowest BCUT2D eigenvalue weighted by molar-refractivity contribution is -0.144. The number of carboxylic acids is 1. The van der Waals surface area contributed by atoms with E-state index in [1.54, 1.807) is 0 Å². The number of rotatable bonds is 10. The minimum absolute atomic E-state index is 0.135. The second-order valence-electron chi connectivity index (χ2n) is 7.78. The van der Waals surface area contributed by atoms with Crippen LogP contribution in [0.4, 0.5) is 0 Å². The molecule has 28 heavy (non-hydrogen) atoms. The van der Waals surface area contributed by atoms with E-state index in [9.17, 15) is 9.90 Å². The summed E-state index contributed by atoms with van der Waals surface area (Å²) in [5.41, 5.74) is 2.54. The summed E-state index contributed by atoms with van der Waals surface area (Å²) in [6.07, 6.45) is 3.99. The molecule has 3 atom stereocenters. The number of nitrogens with zero attached hydrogens (tertiary/aromatic N) is 1. The maximum absolute atomic E-state index is 12.0. The Morgan fingerprint density at radius 1 is 1.11 bits per heavy atom. The van der Waals surface area contributed by atoms with Crippen LogP contribution < -0.4 is 5.32 Å². The molecule has 1 aliphatic heterocycles. The minimum Gasteiger partial charge on any atom is -0.480 e. The van der Waals surface area contributed by atoms with Gasteiger partial charge in [-0.15, -0.1) is 0 Å². The smallest absolute Gasteiger partial charge is 0.321 e. The van der Waals surface area contributed by atoms with Crippen LogP contribution in [0.15, 0.2) is 60.7 Å². The molecular weight excluding hydrogens is 348 g/mol. The molecule has 2 N–H and O–H groups in total. The van der Waals surface area contributed by atoms with Crippen LogP contribution >= 0.6 is 0 Å². The van der Waals surface area contributed by atoms with Gasteiger partial charge in [-0.3, -0.25) is 9.69 Å². The average molecular weight is 381 g/mol. The SMILES string of the molecule is C[C@@H](c1ccccc1)N1CC[C@@H](CCCNCCc2ccccc2)[C@H]1C(=O)O. The lowest BCUT2D eigenvalue weighted by Crippen LogP contribution is -2.41. The third kappa shape index (κ3) is 5.43. The summed E-state index contributed by atoms with van der Waals surface area (Å²) >= 11 is 0. The van der Waals surface area contributed by atoms with Gasteiger partial charge in [0.05, 0.1) is 0 Å². The van der Waals surface area contributed by atoms with Gasteiger partial charge in [-0.2, -0.15) is 0 Å². The van der Waals surface area contributed by atoms with Crippen molar-refractivity contribution in [1.82, 2.24) is 10.2 Å². The van der Waals surface area contributed by atoms with Crippen LogP contribution in [0, 0.1) is 5.92 Å². The first-order valence-corrected chi connectivity index (χ1v) is 10.4. The predicted molar refractivity (Wildman–Crippen MR) is 113 cm³/mol. The number of hydrogen-bond donors (Lipinski definition) is 2. The predicted octanol–water partition coefficient (Wildman–Crippen LogP) is 4.14. The molecule has 0 bridgehead atoms. The quantitative estimate of drug-likeness (QED) is 0.609. The van der Waals surface area contributed by atoms with E-state index in [0.29, 0.717) is 0 Å². The number of aliphatic carboxylic acids is 1. The van der Waals surface area contributed by atoms with Crippen LogP contribution in [0.25, 0.3) is 0 Å². The molecule has 2 aromatic rings. The Hall–Kier alpha value is -2.17. The lowest BCUT2D eigenvalue weighted by atomic mass is 9.94. The molecule has 0 amide bonds. The first-order chi connectivity index (χ1) is 13.7. The van der Waals surface area contributed by atoms with E-state index in [4.69, 9.17) is 0 Å². The zero-order valence-electron chi connectivity index (χ0n) is 16.8. The molecular formula is C24H32N2O2. The Morgan fingerprint density at radius 3 is 2.46 bits per heavy atom. The molecule has 0 aromatic heterocycles. The van der Waals surface area contributed by atoms with Crippen molar-refractivity contribution in [3.8, 4) is 0 Å². The Kier molecular flexibility index (Phi) is 7.63. The molecule has 1 heterocycles. The fourth-order valence-electron chi connectivity index (χ4n) is 4.38. The van der Waals surface area contributed by atoms with Gasteiger partial charge in [-0.05, 0) is 69.3 Å². The minimum atomic E-state index is -0.678. The molecule has 150 valence electrons. The Balaban J connectivity index is 1.44. The van der Waals surface area contributed by atoms with E-state index in [-0.39, 0.29) is 18.0 Å². The van der Waals surface area contributed by atoms with Gasteiger partial charge < -0.3 is 10.4 Å². The number of carboxylic acid groups (broad SMARTS) is 1. The van der Waals surface area contributed by atoms with Crippen molar-refractivity contribution in [2.75, 3.05) is 19.6 Å². The molecule has 0 aliphatic carbocycles. The van der Waals surface area contributed by atoms with E-state index in [1.165, 1.54) is 11.1 Å². The second kappa shape index (κ2) is 10.4.